The summed E-state index contributed by atoms with van der Waals surface area (Å²) in [6.45, 7) is 17.8. The van der Waals surface area contributed by atoms with Crippen LogP contribution in [0.5, 0.6) is 0 Å². The number of aryl methyl sites for hydroxylation is 1. The number of benzene rings is 1. The zero-order chi connectivity index (χ0) is 21.8. The number of hydrogen-bond donors (Lipinski definition) is 0. The van der Waals surface area contributed by atoms with Gasteiger partial charge in [0.15, 0.2) is 0 Å². The Balaban J connectivity index is 2.89. The van der Waals surface area contributed by atoms with Gasteiger partial charge in [0, 0.05) is 11.4 Å². The van der Waals surface area contributed by atoms with Gasteiger partial charge in [0.25, 0.3) is 0 Å². The summed E-state index contributed by atoms with van der Waals surface area (Å²) in [5.74, 6) is 1.02. The summed E-state index contributed by atoms with van der Waals surface area (Å²) < 4.78 is 0. The molecular weight excluding hydrogens is 352 g/mol. The molecule has 2 heteroatoms. The topological polar surface area (TPSA) is 36.7 Å². The highest BCUT2D eigenvalue weighted by Crippen LogP contribution is 2.38. The average molecular weight is 390 g/mol. The van der Waals surface area contributed by atoms with Crippen LogP contribution in [-0.2, 0) is 19.3 Å². The third kappa shape index (κ3) is 6.43. The zero-order valence-electron chi connectivity index (χ0n) is 19.6. The molecule has 0 aliphatic rings. The van der Waals surface area contributed by atoms with Crippen molar-refractivity contribution in [1.29, 1.82) is 5.26 Å². The summed E-state index contributed by atoms with van der Waals surface area (Å²) in [5, 5.41) is 9.64. The second-order valence-corrected chi connectivity index (χ2v) is 10.2. The minimum absolute atomic E-state index is 0.0241. The molecule has 1 heterocycles. The molecule has 2 nitrogen and oxygen atoms in total. The van der Waals surface area contributed by atoms with Crippen LogP contribution in [0, 0.1) is 41.9 Å². The van der Waals surface area contributed by atoms with E-state index in [-0.39, 0.29) is 5.41 Å². The Morgan fingerprint density at radius 2 is 1.52 bits per heavy atom. The van der Waals surface area contributed by atoms with Crippen molar-refractivity contribution < 1.29 is 0 Å². The van der Waals surface area contributed by atoms with Gasteiger partial charge in [-0.05, 0) is 65.7 Å². The second kappa shape index (κ2) is 9.57. The second-order valence-electron chi connectivity index (χ2n) is 10.2. The number of nitriles is 1. The Bertz CT molecular complexity index is 859. The molecule has 0 fully saturated rings. The summed E-state index contributed by atoms with van der Waals surface area (Å²) in [7, 11) is 0. The molecule has 155 valence electrons. The van der Waals surface area contributed by atoms with E-state index < -0.39 is 0 Å². The lowest BCUT2D eigenvalue weighted by Gasteiger charge is -2.27. The minimum Gasteiger partial charge on any atom is -0.257 e. The third-order valence-corrected chi connectivity index (χ3v) is 4.88. The van der Waals surface area contributed by atoms with Crippen molar-refractivity contribution in [1.82, 2.24) is 4.98 Å². The predicted octanol–water partition coefficient (Wildman–Crippen LogP) is 7.12. The number of rotatable bonds is 7. The first-order chi connectivity index (χ1) is 13.5. The lowest BCUT2D eigenvalue weighted by Crippen LogP contribution is -2.16. The number of aromatic nitrogens is 1. The maximum atomic E-state index is 9.64. The molecule has 1 aromatic heterocycles. The smallest absolute Gasteiger partial charge is 0.0670 e. The van der Waals surface area contributed by atoms with Gasteiger partial charge in [0.1, 0.15) is 0 Å². The Hall–Kier alpha value is -2.14. The first kappa shape index (κ1) is 23.1. The molecule has 0 saturated heterocycles. The van der Waals surface area contributed by atoms with Gasteiger partial charge in [-0.1, -0.05) is 78.3 Å². The van der Waals surface area contributed by atoms with Crippen molar-refractivity contribution in [2.75, 3.05) is 0 Å². The molecule has 0 unspecified atom stereocenters. The van der Waals surface area contributed by atoms with Gasteiger partial charge in [-0.2, -0.15) is 5.26 Å². The first-order valence-corrected chi connectivity index (χ1v) is 10.9. The maximum absolute atomic E-state index is 9.64. The Morgan fingerprint density at radius 3 is 2.00 bits per heavy atom. The van der Waals surface area contributed by atoms with Gasteiger partial charge >= 0.3 is 0 Å². The highest BCUT2D eigenvalue weighted by atomic mass is 14.7. The van der Waals surface area contributed by atoms with E-state index in [9.17, 15) is 5.26 Å². The van der Waals surface area contributed by atoms with Crippen LogP contribution in [0.2, 0.25) is 0 Å². The van der Waals surface area contributed by atoms with E-state index in [0.717, 1.165) is 24.1 Å². The predicted molar refractivity (Wildman–Crippen MR) is 124 cm³/mol. The van der Waals surface area contributed by atoms with Crippen molar-refractivity contribution >= 4 is 0 Å². The average Bonchev–Trinajstić information content (AvgIpc) is 2.58. The summed E-state index contributed by atoms with van der Waals surface area (Å²) in [6, 6.07) is 11.1. The summed E-state index contributed by atoms with van der Waals surface area (Å²) in [4.78, 5) is 5.18. The lowest BCUT2D eigenvalue weighted by molar-refractivity contribution is 0.502. The van der Waals surface area contributed by atoms with Crippen LogP contribution < -0.4 is 0 Å². The zero-order valence-corrected chi connectivity index (χ0v) is 19.6. The Kier molecular flexibility index (Phi) is 7.64. The van der Waals surface area contributed by atoms with E-state index in [4.69, 9.17) is 4.98 Å². The highest BCUT2D eigenvalue weighted by Gasteiger charge is 2.25. The van der Waals surface area contributed by atoms with Crippen molar-refractivity contribution in [3.63, 3.8) is 0 Å². The van der Waals surface area contributed by atoms with Crippen LogP contribution in [0.4, 0.5) is 0 Å². The van der Waals surface area contributed by atoms with E-state index in [2.05, 4.69) is 92.1 Å². The van der Waals surface area contributed by atoms with Crippen LogP contribution >= 0.6 is 0 Å². The molecule has 0 N–H and O–H groups in total. The molecule has 29 heavy (non-hydrogen) atoms. The molecule has 0 spiro atoms. The van der Waals surface area contributed by atoms with E-state index in [0.29, 0.717) is 18.3 Å². The number of pyridine rings is 1. The lowest BCUT2D eigenvalue weighted by atomic mass is 9.80. The molecule has 2 rings (SSSR count). The molecular formula is C27H37N2. The fourth-order valence-electron chi connectivity index (χ4n) is 3.75. The fourth-order valence-corrected chi connectivity index (χ4v) is 3.75. The van der Waals surface area contributed by atoms with Crippen molar-refractivity contribution in [2.24, 2.45) is 17.3 Å². The molecule has 0 amide bonds. The Morgan fingerprint density at radius 1 is 0.966 bits per heavy atom. The van der Waals surface area contributed by atoms with E-state index in [1.807, 2.05) is 0 Å². The van der Waals surface area contributed by atoms with E-state index in [1.165, 1.54) is 27.9 Å². The summed E-state index contributed by atoms with van der Waals surface area (Å²) >= 11 is 0. The molecule has 0 saturated carbocycles. The molecule has 1 aromatic carbocycles. The van der Waals surface area contributed by atoms with Crippen LogP contribution in [-0.4, -0.2) is 4.98 Å². The van der Waals surface area contributed by atoms with Crippen molar-refractivity contribution in [3.05, 3.63) is 58.8 Å². The standard InChI is InChI=1S/C27H37N2/c1-18(2)15-24-22(13-14-28)26(21-11-9-20(5)10-12-21)23(17-27(6,7)8)25(29-24)16-19(3)4/h9-12,17-19H,13,15-16H2,1-8H3. The third-order valence-electron chi connectivity index (χ3n) is 4.88. The summed E-state index contributed by atoms with van der Waals surface area (Å²) in [6.07, 6.45) is 4.59. The SMILES string of the molecule is Cc1ccc(-c2c([CH]C(C)(C)C)c(CC(C)C)nc(CC(C)C)c2CC#N)cc1. The van der Waals surface area contributed by atoms with Crippen LogP contribution in [0.25, 0.3) is 11.1 Å². The van der Waals surface area contributed by atoms with E-state index >= 15 is 0 Å². The largest absolute Gasteiger partial charge is 0.257 e. The molecule has 0 aliphatic carbocycles. The van der Waals surface area contributed by atoms with Gasteiger partial charge in [-0.15, -0.1) is 0 Å². The molecule has 0 aliphatic heterocycles. The molecule has 0 bridgehead atoms. The first-order valence-electron chi connectivity index (χ1n) is 10.9. The minimum atomic E-state index is 0.0241. The molecule has 2 aromatic rings. The molecule has 0 atom stereocenters. The fraction of sp³-hybridized carbons (Fsp3) is 0.519. The van der Waals surface area contributed by atoms with Gasteiger partial charge in [-0.25, -0.2) is 0 Å². The quantitative estimate of drug-likeness (QED) is 0.505. The van der Waals surface area contributed by atoms with Crippen molar-refractivity contribution in [3.8, 4) is 17.2 Å². The van der Waals surface area contributed by atoms with Crippen molar-refractivity contribution in [2.45, 2.75) is 74.7 Å². The number of hydrogen-bond acceptors (Lipinski definition) is 2. The maximum Gasteiger partial charge on any atom is 0.0670 e. The van der Waals surface area contributed by atoms with Crippen LogP contribution in [0.15, 0.2) is 24.3 Å². The van der Waals surface area contributed by atoms with Gasteiger partial charge < -0.3 is 0 Å². The Labute approximate surface area is 178 Å². The number of nitrogens with zero attached hydrogens (tertiary/aromatic N) is 2. The highest BCUT2D eigenvalue weighted by molar-refractivity contribution is 5.75. The summed E-state index contributed by atoms with van der Waals surface area (Å²) in [5.41, 5.74) is 8.26. The van der Waals surface area contributed by atoms with Gasteiger partial charge in [0.05, 0.1) is 12.5 Å². The normalized spacial score (nSPS) is 11.9. The van der Waals surface area contributed by atoms with Crippen LogP contribution in [0.3, 0.4) is 0 Å². The monoisotopic (exact) mass is 389 g/mol. The van der Waals surface area contributed by atoms with Gasteiger partial charge in [-0.3, -0.25) is 4.98 Å². The van der Waals surface area contributed by atoms with Crippen LogP contribution in [0.1, 0.15) is 76.5 Å². The van der Waals surface area contributed by atoms with E-state index in [1.54, 1.807) is 0 Å². The van der Waals surface area contributed by atoms with Gasteiger partial charge in [0.2, 0.25) is 0 Å². The molecule has 1 radical (unpaired) electrons.